The van der Waals surface area contributed by atoms with Crippen molar-refractivity contribution in [2.75, 3.05) is 5.32 Å². The first-order chi connectivity index (χ1) is 17.8. The van der Waals surface area contributed by atoms with Gasteiger partial charge in [-0.1, -0.05) is 24.3 Å². The number of aryl methyl sites for hydroxylation is 1. The number of carboxylic acids is 1. The molecule has 2 aromatic heterocycles. The molecule has 182 valence electrons. The topological polar surface area (TPSA) is 121 Å². The molecule has 2 N–H and O–H groups in total. The first-order valence-corrected chi connectivity index (χ1v) is 11.6. The summed E-state index contributed by atoms with van der Waals surface area (Å²) in [6.07, 6.45) is 3.33. The summed E-state index contributed by atoms with van der Waals surface area (Å²) in [6, 6.07) is 20.6. The van der Waals surface area contributed by atoms with Crippen LogP contribution in [0.3, 0.4) is 0 Å². The molecule has 3 aromatic carbocycles. The highest BCUT2D eigenvalue weighted by Crippen LogP contribution is 2.31. The number of benzene rings is 3. The van der Waals surface area contributed by atoms with E-state index in [1.165, 1.54) is 12.1 Å². The van der Waals surface area contributed by atoms with Gasteiger partial charge in [-0.15, -0.1) is 0 Å². The largest absolute Gasteiger partial charge is 0.478 e. The number of hydrogen-bond donors (Lipinski definition) is 2. The summed E-state index contributed by atoms with van der Waals surface area (Å²) in [5.74, 6) is -0.682. The van der Waals surface area contributed by atoms with Gasteiger partial charge < -0.3 is 14.8 Å². The Labute approximate surface area is 212 Å². The molecular formula is C29H22N4O4. The molecular weight excluding hydrogens is 468 g/mol. The summed E-state index contributed by atoms with van der Waals surface area (Å²) in [7, 11) is 0. The third kappa shape index (κ3) is 4.58. The quantitative estimate of drug-likeness (QED) is 0.313. The fourth-order valence-electron chi connectivity index (χ4n) is 4.31. The molecule has 0 aliphatic rings. The molecule has 0 amide bonds. The van der Waals surface area contributed by atoms with Crippen LogP contribution in [0.5, 0.6) is 0 Å². The second-order valence-corrected chi connectivity index (χ2v) is 8.76. The predicted molar refractivity (Wildman–Crippen MR) is 140 cm³/mol. The maximum absolute atomic E-state index is 13.1. The summed E-state index contributed by atoms with van der Waals surface area (Å²) in [4.78, 5) is 24.8. The molecule has 5 aromatic rings. The lowest BCUT2D eigenvalue weighted by molar-refractivity contribution is 0.0698. The zero-order valence-electron chi connectivity index (χ0n) is 20.1. The number of rotatable bonds is 6. The molecule has 0 aliphatic heterocycles. The lowest BCUT2D eigenvalue weighted by Gasteiger charge is -2.19. The highest BCUT2D eigenvalue weighted by molar-refractivity contribution is 5.94. The van der Waals surface area contributed by atoms with Gasteiger partial charge in [0.1, 0.15) is 11.3 Å². The zero-order chi connectivity index (χ0) is 26.1. The van der Waals surface area contributed by atoms with E-state index < -0.39 is 5.97 Å². The minimum atomic E-state index is -1.03. The molecule has 0 saturated carbocycles. The molecule has 5 rings (SSSR count). The van der Waals surface area contributed by atoms with Gasteiger partial charge in [-0.25, -0.2) is 9.48 Å². The summed E-state index contributed by atoms with van der Waals surface area (Å²) >= 11 is 0. The molecule has 1 atom stereocenters. The smallest absolute Gasteiger partial charge is 0.337 e. The van der Waals surface area contributed by atoms with Crippen molar-refractivity contribution < 1.29 is 14.3 Å². The van der Waals surface area contributed by atoms with Crippen LogP contribution < -0.4 is 10.7 Å². The molecule has 0 aliphatic carbocycles. The second kappa shape index (κ2) is 9.47. The molecule has 0 radical (unpaired) electrons. The normalized spacial score (nSPS) is 11.7. The van der Waals surface area contributed by atoms with Crippen molar-refractivity contribution in [3.05, 3.63) is 112 Å². The minimum absolute atomic E-state index is 0.154. The van der Waals surface area contributed by atoms with Gasteiger partial charge in [0.25, 0.3) is 0 Å². The van der Waals surface area contributed by atoms with Crippen LogP contribution in [0.2, 0.25) is 0 Å². The molecule has 0 saturated heterocycles. The first-order valence-electron chi connectivity index (χ1n) is 11.6. The number of nitrogens with one attached hydrogen (secondary N) is 1. The van der Waals surface area contributed by atoms with Crippen molar-refractivity contribution in [1.82, 2.24) is 9.78 Å². The fourth-order valence-corrected chi connectivity index (χ4v) is 4.31. The third-order valence-electron chi connectivity index (χ3n) is 6.10. The maximum atomic E-state index is 13.1. The van der Waals surface area contributed by atoms with Crippen molar-refractivity contribution in [2.45, 2.75) is 19.9 Å². The Hall–Kier alpha value is -5.16. The van der Waals surface area contributed by atoms with Gasteiger partial charge in [-0.2, -0.15) is 10.4 Å². The van der Waals surface area contributed by atoms with E-state index in [4.69, 9.17) is 4.42 Å². The lowest BCUT2D eigenvalue weighted by Crippen LogP contribution is -2.12. The Kier molecular flexibility index (Phi) is 6.04. The molecule has 8 nitrogen and oxygen atoms in total. The standard InChI is InChI=1S/C29H22N4O4/c1-17-10-23(18(2)32-25-9-4-3-8-22(25)29(35)36)28-24(11-17)26(34)13-27(37-28)20-15-31-33(16-20)21-7-5-6-19(12-21)14-30/h3-13,15-16,18,32H,1-2H3,(H,35,36). The number of hydrogen-bond acceptors (Lipinski definition) is 6. The molecule has 2 heterocycles. The van der Waals surface area contributed by atoms with Crippen LogP contribution >= 0.6 is 0 Å². The van der Waals surface area contributed by atoms with Gasteiger partial charge in [0, 0.05) is 23.5 Å². The van der Waals surface area contributed by atoms with Crippen molar-refractivity contribution >= 4 is 22.6 Å². The number of nitrogens with zero attached hydrogens (tertiary/aromatic N) is 3. The van der Waals surface area contributed by atoms with Crippen molar-refractivity contribution in [3.8, 4) is 23.1 Å². The van der Waals surface area contributed by atoms with Crippen molar-refractivity contribution in [3.63, 3.8) is 0 Å². The number of para-hydroxylation sites is 1. The molecule has 37 heavy (non-hydrogen) atoms. The number of aromatic carboxylic acids is 1. The summed E-state index contributed by atoms with van der Waals surface area (Å²) in [6.45, 7) is 3.79. The average Bonchev–Trinajstić information content (AvgIpc) is 3.39. The van der Waals surface area contributed by atoms with Gasteiger partial charge in [0.15, 0.2) is 5.43 Å². The van der Waals surface area contributed by atoms with Crippen molar-refractivity contribution in [1.29, 1.82) is 5.26 Å². The Bertz CT molecular complexity index is 1760. The van der Waals surface area contributed by atoms with E-state index in [0.29, 0.717) is 39.2 Å². The van der Waals surface area contributed by atoms with Gasteiger partial charge in [-0.05, 0) is 55.8 Å². The Morgan fingerprint density at radius 1 is 1.14 bits per heavy atom. The number of carboxylic acid groups (broad SMARTS) is 1. The Balaban J connectivity index is 1.58. The molecule has 8 heteroatoms. The van der Waals surface area contributed by atoms with E-state index >= 15 is 0 Å². The molecule has 0 spiro atoms. The third-order valence-corrected chi connectivity index (χ3v) is 6.10. The van der Waals surface area contributed by atoms with Crippen LogP contribution in [-0.4, -0.2) is 20.9 Å². The second-order valence-electron chi connectivity index (χ2n) is 8.76. The van der Waals surface area contributed by atoms with E-state index in [9.17, 15) is 20.0 Å². The van der Waals surface area contributed by atoms with Crippen LogP contribution in [0, 0.1) is 18.3 Å². The predicted octanol–water partition coefficient (Wildman–Crippen LogP) is 5.70. The fraction of sp³-hybridized carbons (Fsp3) is 0.103. The maximum Gasteiger partial charge on any atom is 0.337 e. The lowest BCUT2D eigenvalue weighted by atomic mass is 10.0. The summed E-state index contributed by atoms with van der Waals surface area (Å²) < 4.78 is 7.90. The van der Waals surface area contributed by atoms with Crippen LogP contribution in [0.15, 0.2) is 88.3 Å². The monoisotopic (exact) mass is 490 g/mol. The SMILES string of the molecule is Cc1cc(C(C)Nc2ccccc2C(=O)O)c2oc(-c3cnn(-c4cccc(C#N)c4)c3)cc(=O)c2c1. The highest BCUT2D eigenvalue weighted by atomic mass is 16.4. The van der Waals surface area contributed by atoms with Gasteiger partial charge >= 0.3 is 5.97 Å². The number of aromatic nitrogens is 2. The minimum Gasteiger partial charge on any atom is -0.478 e. The van der Waals surface area contributed by atoms with Crippen LogP contribution in [0.25, 0.3) is 28.0 Å². The average molecular weight is 491 g/mol. The summed E-state index contributed by atoms with van der Waals surface area (Å²) in [5.41, 5.74) is 4.27. The van der Waals surface area contributed by atoms with E-state index in [-0.39, 0.29) is 17.0 Å². The van der Waals surface area contributed by atoms with Crippen LogP contribution in [0.1, 0.15) is 40.0 Å². The van der Waals surface area contributed by atoms with E-state index in [1.807, 2.05) is 26.0 Å². The van der Waals surface area contributed by atoms with E-state index in [1.54, 1.807) is 59.5 Å². The van der Waals surface area contributed by atoms with E-state index in [2.05, 4.69) is 16.5 Å². The number of fused-ring (bicyclic) bond motifs is 1. The Morgan fingerprint density at radius 3 is 2.73 bits per heavy atom. The molecule has 0 fully saturated rings. The van der Waals surface area contributed by atoms with Gasteiger partial charge in [-0.3, -0.25) is 4.79 Å². The zero-order valence-corrected chi connectivity index (χ0v) is 20.1. The van der Waals surface area contributed by atoms with Gasteiger partial charge in [0.05, 0.1) is 46.1 Å². The number of carbonyl (C=O) groups is 1. The summed E-state index contributed by atoms with van der Waals surface area (Å²) in [5, 5.41) is 26.8. The van der Waals surface area contributed by atoms with Crippen molar-refractivity contribution in [2.24, 2.45) is 0 Å². The number of anilines is 1. The van der Waals surface area contributed by atoms with Gasteiger partial charge in [0.2, 0.25) is 0 Å². The van der Waals surface area contributed by atoms with Crippen LogP contribution in [-0.2, 0) is 0 Å². The van der Waals surface area contributed by atoms with E-state index in [0.717, 1.165) is 11.1 Å². The molecule has 1 unspecified atom stereocenters. The van der Waals surface area contributed by atoms with Crippen LogP contribution in [0.4, 0.5) is 5.69 Å². The Morgan fingerprint density at radius 2 is 1.95 bits per heavy atom. The number of nitriles is 1. The first kappa shape index (κ1) is 23.6. The molecule has 0 bridgehead atoms. The highest BCUT2D eigenvalue weighted by Gasteiger charge is 2.19.